The second-order valence-electron chi connectivity index (χ2n) is 2.68. The van der Waals surface area contributed by atoms with Crippen LogP contribution in [0.2, 0.25) is 5.02 Å². The van der Waals surface area contributed by atoms with Crippen LogP contribution in [0.25, 0.3) is 6.08 Å². The van der Waals surface area contributed by atoms with Gasteiger partial charge in [0.25, 0.3) is 0 Å². The highest BCUT2D eigenvalue weighted by Gasteiger charge is 2.06. The fourth-order valence-corrected chi connectivity index (χ4v) is 1.19. The lowest BCUT2D eigenvalue weighted by Crippen LogP contribution is -1.85. The van der Waals surface area contributed by atoms with Gasteiger partial charge in [0, 0.05) is 5.88 Å². The molecular weight excluding hydrogens is 229 g/mol. The van der Waals surface area contributed by atoms with Crippen LogP contribution in [0.4, 0.5) is 8.78 Å². The van der Waals surface area contributed by atoms with E-state index in [1.54, 1.807) is 12.2 Å². The Morgan fingerprint density at radius 3 is 2.29 bits per heavy atom. The molecule has 0 aliphatic rings. The van der Waals surface area contributed by atoms with Crippen molar-refractivity contribution in [2.75, 3.05) is 5.88 Å². The summed E-state index contributed by atoms with van der Waals surface area (Å²) < 4.78 is 25.8. The maximum atomic E-state index is 12.9. The van der Waals surface area contributed by atoms with Crippen molar-refractivity contribution in [3.8, 4) is 0 Å². The third kappa shape index (κ3) is 2.96. The number of hydrogen-bond donors (Lipinski definition) is 0. The van der Waals surface area contributed by atoms with Gasteiger partial charge in [0.15, 0.2) is 0 Å². The lowest BCUT2D eigenvalue weighted by atomic mass is 10.2. The summed E-state index contributed by atoms with van der Waals surface area (Å²) in [5.41, 5.74) is 0.439. The first-order valence-corrected chi connectivity index (χ1v) is 4.93. The number of benzene rings is 1. The molecule has 0 N–H and O–H groups in total. The summed E-state index contributed by atoms with van der Waals surface area (Å²) >= 11 is 10.8. The van der Waals surface area contributed by atoms with Crippen LogP contribution in [0.5, 0.6) is 0 Å². The summed E-state index contributed by atoms with van der Waals surface area (Å²) in [5, 5.41) is -0.473. The number of allylic oxidation sites excluding steroid dienone is 1. The Bertz CT molecular complexity index is 325. The molecule has 1 rings (SSSR count). The second-order valence-corrected chi connectivity index (χ2v) is 3.43. The molecule has 14 heavy (non-hydrogen) atoms. The number of rotatable bonds is 3. The third-order valence-electron chi connectivity index (χ3n) is 1.59. The van der Waals surface area contributed by atoms with Gasteiger partial charge in [-0.2, -0.15) is 0 Å². The van der Waals surface area contributed by atoms with Crippen LogP contribution in [0, 0.1) is 11.6 Å². The van der Waals surface area contributed by atoms with Crippen molar-refractivity contribution in [1.29, 1.82) is 0 Å². The molecule has 0 spiro atoms. The van der Waals surface area contributed by atoms with Gasteiger partial charge in [-0.1, -0.05) is 23.8 Å². The molecular formula is C10H8Cl2F2. The molecule has 0 aliphatic heterocycles. The lowest BCUT2D eigenvalue weighted by Gasteiger charge is -1.98. The van der Waals surface area contributed by atoms with Gasteiger partial charge in [0.1, 0.15) is 16.7 Å². The Morgan fingerprint density at radius 2 is 1.79 bits per heavy atom. The van der Waals surface area contributed by atoms with Crippen LogP contribution >= 0.6 is 23.2 Å². The summed E-state index contributed by atoms with van der Waals surface area (Å²) in [6.45, 7) is 0. The van der Waals surface area contributed by atoms with E-state index in [0.29, 0.717) is 17.9 Å². The van der Waals surface area contributed by atoms with Crippen molar-refractivity contribution in [1.82, 2.24) is 0 Å². The minimum Gasteiger partial charge on any atom is -0.205 e. The lowest BCUT2D eigenvalue weighted by molar-refractivity contribution is 0.583. The molecule has 0 heterocycles. The van der Waals surface area contributed by atoms with Crippen molar-refractivity contribution < 1.29 is 8.78 Å². The number of hydrogen-bond acceptors (Lipinski definition) is 0. The fraction of sp³-hybridized carbons (Fsp3) is 0.200. The quantitative estimate of drug-likeness (QED) is 0.544. The smallest absolute Gasteiger partial charge is 0.145 e. The number of halogens is 4. The summed E-state index contributed by atoms with van der Waals surface area (Å²) in [6, 6.07) is 2.35. The zero-order valence-electron chi connectivity index (χ0n) is 7.24. The fourth-order valence-electron chi connectivity index (χ4n) is 0.954. The normalized spacial score (nSPS) is 11.1. The van der Waals surface area contributed by atoms with Gasteiger partial charge >= 0.3 is 0 Å². The summed E-state index contributed by atoms with van der Waals surface area (Å²) in [5.74, 6) is -1.02. The molecule has 0 radical (unpaired) electrons. The number of alkyl halides is 1. The minimum absolute atomic E-state index is 0.439. The monoisotopic (exact) mass is 236 g/mol. The van der Waals surface area contributed by atoms with Crippen LogP contribution in [0.15, 0.2) is 18.2 Å². The molecule has 0 nitrogen and oxygen atoms in total. The first kappa shape index (κ1) is 11.5. The molecule has 0 atom stereocenters. The molecule has 0 aromatic heterocycles. The third-order valence-corrected chi connectivity index (χ3v) is 2.17. The minimum atomic E-state index is -0.753. The van der Waals surface area contributed by atoms with E-state index in [4.69, 9.17) is 23.2 Å². The van der Waals surface area contributed by atoms with E-state index in [9.17, 15) is 8.78 Å². The van der Waals surface area contributed by atoms with E-state index >= 15 is 0 Å². The zero-order chi connectivity index (χ0) is 10.6. The molecule has 76 valence electrons. The molecule has 0 unspecified atom stereocenters. The maximum absolute atomic E-state index is 12.9. The standard InChI is InChI=1S/C10H8Cl2F2/c11-4-2-1-3-7-5-8(13)10(12)9(14)6-7/h1,3,5-6H,2,4H2. The Balaban J connectivity index is 2.89. The predicted octanol–water partition coefficient (Wildman–Crippen LogP) is 4.26. The van der Waals surface area contributed by atoms with E-state index in [0.717, 1.165) is 0 Å². The van der Waals surface area contributed by atoms with Crippen LogP contribution in [0.3, 0.4) is 0 Å². The zero-order valence-corrected chi connectivity index (χ0v) is 8.75. The van der Waals surface area contributed by atoms with Crippen molar-refractivity contribution in [3.63, 3.8) is 0 Å². The Morgan fingerprint density at radius 1 is 1.21 bits per heavy atom. The summed E-state index contributed by atoms with van der Waals surface area (Å²) in [4.78, 5) is 0. The average Bonchev–Trinajstić information content (AvgIpc) is 2.14. The van der Waals surface area contributed by atoms with Gasteiger partial charge < -0.3 is 0 Å². The Hall–Kier alpha value is -0.600. The topological polar surface area (TPSA) is 0 Å². The average molecular weight is 237 g/mol. The van der Waals surface area contributed by atoms with Gasteiger partial charge in [-0.25, -0.2) is 8.78 Å². The molecule has 0 fully saturated rings. The predicted molar refractivity (Wildman–Crippen MR) is 55.7 cm³/mol. The summed E-state index contributed by atoms with van der Waals surface area (Å²) in [7, 11) is 0. The van der Waals surface area contributed by atoms with Gasteiger partial charge in [-0.05, 0) is 24.1 Å². The Labute approximate surface area is 91.1 Å². The van der Waals surface area contributed by atoms with E-state index in [1.807, 2.05) is 0 Å². The van der Waals surface area contributed by atoms with Crippen molar-refractivity contribution >= 4 is 29.3 Å². The van der Waals surface area contributed by atoms with Crippen LogP contribution < -0.4 is 0 Å². The van der Waals surface area contributed by atoms with Crippen LogP contribution in [-0.2, 0) is 0 Å². The van der Waals surface area contributed by atoms with Gasteiger partial charge in [0.05, 0.1) is 0 Å². The van der Waals surface area contributed by atoms with Crippen molar-refractivity contribution in [3.05, 3.63) is 40.4 Å². The molecule has 4 heteroatoms. The van der Waals surface area contributed by atoms with Crippen LogP contribution in [-0.4, -0.2) is 5.88 Å². The molecule has 0 aliphatic carbocycles. The van der Waals surface area contributed by atoms with Crippen LogP contribution in [0.1, 0.15) is 12.0 Å². The highest BCUT2D eigenvalue weighted by Crippen LogP contribution is 2.21. The molecule has 0 saturated carbocycles. The van der Waals surface area contributed by atoms with E-state index in [1.165, 1.54) is 12.1 Å². The van der Waals surface area contributed by atoms with Gasteiger partial charge in [0.2, 0.25) is 0 Å². The molecule has 1 aromatic rings. The largest absolute Gasteiger partial charge is 0.205 e. The van der Waals surface area contributed by atoms with E-state index in [2.05, 4.69) is 0 Å². The highest BCUT2D eigenvalue weighted by molar-refractivity contribution is 6.30. The van der Waals surface area contributed by atoms with E-state index < -0.39 is 16.7 Å². The summed E-state index contributed by atoms with van der Waals surface area (Å²) in [6.07, 6.45) is 4.01. The highest BCUT2D eigenvalue weighted by atomic mass is 35.5. The van der Waals surface area contributed by atoms with E-state index in [-0.39, 0.29) is 0 Å². The molecule has 0 bridgehead atoms. The van der Waals surface area contributed by atoms with Gasteiger partial charge in [-0.15, -0.1) is 11.6 Å². The first-order chi connectivity index (χ1) is 6.65. The molecule has 0 saturated heterocycles. The van der Waals surface area contributed by atoms with Crippen molar-refractivity contribution in [2.45, 2.75) is 6.42 Å². The molecule has 1 aromatic carbocycles. The second kappa shape index (κ2) is 5.32. The Kier molecular flexibility index (Phi) is 4.36. The van der Waals surface area contributed by atoms with Crippen molar-refractivity contribution in [2.24, 2.45) is 0 Å². The first-order valence-electron chi connectivity index (χ1n) is 4.02. The maximum Gasteiger partial charge on any atom is 0.145 e. The van der Waals surface area contributed by atoms with Gasteiger partial charge in [-0.3, -0.25) is 0 Å². The molecule has 0 amide bonds. The SMILES string of the molecule is Fc1cc(C=CCCCl)cc(F)c1Cl.